The molecule has 2 aromatic heterocycles. The molecule has 0 amide bonds. The van der Waals surface area contributed by atoms with Crippen LogP contribution in [0.2, 0.25) is 0 Å². The van der Waals surface area contributed by atoms with E-state index >= 15 is 0 Å². The Morgan fingerprint density at radius 1 is 1.15 bits per heavy atom. The number of rotatable bonds is 5. The number of nitrogens with two attached hydrogens (primary N) is 1. The topological polar surface area (TPSA) is 78.3 Å². The summed E-state index contributed by atoms with van der Waals surface area (Å²) in [7, 11) is 0. The van der Waals surface area contributed by atoms with Gasteiger partial charge in [-0.3, -0.25) is 0 Å². The lowest BCUT2D eigenvalue weighted by Crippen LogP contribution is -2.06. The number of ether oxygens (including phenoxy) is 1. The summed E-state index contributed by atoms with van der Waals surface area (Å²) < 4.78 is 7.35. The molecule has 0 saturated carbocycles. The Bertz CT molecular complexity index is 695. The third kappa shape index (κ3) is 2.60. The van der Waals surface area contributed by atoms with Gasteiger partial charge in [0.25, 0.3) is 0 Å². The Morgan fingerprint density at radius 2 is 2.00 bits per heavy atom. The first-order valence-electron chi connectivity index (χ1n) is 6.39. The fourth-order valence-electron chi connectivity index (χ4n) is 1.99. The number of aromatic nitrogens is 4. The lowest BCUT2D eigenvalue weighted by molar-refractivity contribution is 0.122. The molecular formula is C14H15N5O. The molecule has 0 unspecified atom stereocenters. The second kappa shape index (κ2) is 5.66. The molecule has 20 heavy (non-hydrogen) atoms. The summed E-state index contributed by atoms with van der Waals surface area (Å²) in [6, 6.07) is 10.1. The summed E-state index contributed by atoms with van der Waals surface area (Å²) in [5, 5.41) is 4.15. The van der Waals surface area contributed by atoms with Gasteiger partial charge in [-0.2, -0.15) is 5.10 Å². The minimum atomic E-state index is 0.434. The minimum absolute atomic E-state index is 0.434. The van der Waals surface area contributed by atoms with Gasteiger partial charge in [-0.05, 0) is 5.56 Å². The fraction of sp³-hybridized carbons (Fsp3) is 0.214. The summed E-state index contributed by atoms with van der Waals surface area (Å²) in [5.74, 6) is 1.26. The zero-order valence-electron chi connectivity index (χ0n) is 10.9. The van der Waals surface area contributed by atoms with Gasteiger partial charge in [0.15, 0.2) is 5.82 Å². The number of anilines is 1. The van der Waals surface area contributed by atoms with Gasteiger partial charge in [0, 0.05) is 6.42 Å². The summed E-state index contributed by atoms with van der Waals surface area (Å²) >= 11 is 0. The largest absolute Gasteiger partial charge is 0.382 e. The van der Waals surface area contributed by atoms with Gasteiger partial charge in [-0.25, -0.2) is 14.5 Å². The quantitative estimate of drug-likeness (QED) is 0.709. The number of hydrogen-bond donors (Lipinski definition) is 1. The highest BCUT2D eigenvalue weighted by atomic mass is 16.5. The van der Waals surface area contributed by atoms with E-state index in [0.717, 1.165) is 16.9 Å². The van der Waals surface area contributed by atoms with E-state index in [1.54, 1.807) is 10.7 Å². The number of fused-ring (bicyclic) bond motifs is 1. The maximum atomic E-state index is 5.76. The van der Waals surface area contributed by atoms with Crippen molar-refractivity contribution in [3.05, 3.63) is 54.2 Å². The van der Waals surface area contributed by atoms with Crippen LogP contribution in [0.25, 0.3) is 5.52 Å². The molecule has 0 aliphatic carbocycles. The van der Waals surface area contributed by atoms with Gasteiger partial charge in [0.2, 0.25) is 0 Å². The van der Waals surface area contributed by atoms with Gasteiger partial charge in [0.05, 0.1) is 19.4 Å². The van der Waals surface area contributed by atoms with E-state index in [2.05, 4.69) is 15.1 Å². The van der Waals surface area contributed by atoms with Crippen LogP contribution in [0.3, 0.4) is 0 Å². The van der Waals surface area contributed by atoms with E-state index in [-0.39, 0.29) is 0 Å². The third-order valence-electron chi connectivity index (χ3n) is 3.02. The van der Waals surface area contributed by atoms with Crippen LogP contribution in [0.15, 0.2) is 42.9 Å². The van der Waals surface area contributed by atoms with Crippen molar-refractivity contribution in [2.24, 2.45) is 0 Å². The SMILES string of the molecule is Nc1ncnn2c(CCOCc3ccccc3)ncc12. The molecule has 0 radical (unpaired) electrons. The van der Waals surface area contributed by atoms with Gasteiger partial charge in [0.1, 0.15) is 17.7 Å². The molecule has 6 nitrogen and oxygen atoms in total. The number of nitrogens with zero attached hydrogens (tertiary/aromatic N) is 4. The number of hydrogen-bond acceptors (Lipinski definition) is 5. The second-order valence-corrected chi connectivity index (χ2v) is 4.40. The van der Waals surface area contributed by atoms with Crippen LogP contribution < -0.4 is 5.73 Å². The molecule has 6 heteroatoms. The van der Waals surface area contributed by atoms with Gasteiger partial charge in [-0.1, -0.05) is 30.3 Å². The average Bonchev–Trinajstić information content (AvgIpc) is 2.90. The van der Waals surface area contributed by atoms with Crippen molar-refractivity contribution in [2.45, 2.75) is 13.0 Å². The minimum Gasteiger partial charge on any atom is -0.382 e. The number of nitrogen functional groups attached to an aromatic ring is 1. The Hall–Kier alpha value is -2.47. The Labute approximate surface area is 116 Å². The smallest absolute Gasteiger partial charge is 0.153 e. The molecule has 0 atom stereocenters. The summed E-state index contributed by atoms with van der Waals surface area (Å²) in [4.78, 5) is 8.23. The third-order valence-corrected chi connectivity index (χ3v) is 3.02. The molecule has 102 valence electrons. The molecule has 3 aromatic rings. The molecule has 2 N–H and O–H groups in total. The molecule has 0 spiro atoms. The van der Waals surface area contributed by atoms with Crippen molar-refractivity contribution < 1.29 is 4.74 Å². The van der Waals surface area contributed by atoms with Crippen molar-refractivity contribution in [1.82, 2.24) is 19.6 Å². The molecule has 0 aliphatic rings. The van der Waals surface area contributed by atoms with E-state index in [1.807, 2.05) is 30.3 Å². The molecule has 3 rings (SSSR count). The summed E-state index contributed by atoms with van der Waals surface area (Å²) in [6.45, 7) is 1.18. The van der Waals surface area contributed by atoms with Crippen molar-refractivity contribution in [1.29, 1.82) is 0 Å². The first-order chi connectivity index (χ1) is 9.84. The highest BCUT2D eigenvalue weighted by Crippen LogP contribution is 2.10. The van der Waals surface area contributed by atoms with E-state index in [1.165, 1.54) is 6.33 Å². The van der Waals surface area contributed by atoms with Crippen LogP contribution >= 0.6 is 0 Å². The molecule has 0 bridgehead atoms. The molecule has 0 aliphatic heterocycles. The summed E-state index contributed by atoms with van der Waals surface area (Å²) in [5.41, 5.74) is 7.64. The molecule has 0 saturated heterocycles. The standard InChI is InChI=1S/C14H15N5O/c15-14-12-8-16-13(19(12)18-10-17-14)6-7-20-9-11-4-2-1-3-5-11/h1-5,8,10H,6-7,9H2,(H2,15,17,18). The Kier molecular flexibility index (Phi) is 3.56. The van der Waals surface area contributed by atoms with Crippen LogP contribution in [0.1, 0.15) is 11.4 Å². The zero-order chi connectivity index (χ0) is 13.8. The second-order valence-electron chi connectivity index (χ2n) is 4.40. The van der Waals surface area contributed by atoms with Crippen molar-refractivity contribution in [3.63, 3.8) is 0 Å². The Morgan fingerprint density at radius 3 is 2.85 bits per heavy atom. The molecule has 1 aromatic carbocycles. The van der Waals surface area contributed by atoms with Crippen molar-refractivity contribution in [3.8, 4) is 0 Å². The normalized spacial score (nSPS) is 11.0. The van der Waals surface area contributed by atoms with Gasteiger partial charge >= 0.3 is 0 Å². The lowest BCUT2D eigenvalue weighted by atomic mass is 10.2. The van der Waals surface area contributed by atoms with Crippen LogP contribution in [0.5, 0.6) is 0 Å². The predicted molar refractivity (Wildman–Crippen MR) is 75.0 cm³/mol. The predicted octanol–water partition coefficient (Wildman–Crippen LogP) is 1.47. The van der Waals surface area contributed by atoms with Crippen LogP contribution in [0.4, 0.5) is 5.82 Å². The van der Waals surface area contributed by atoms with Crippen LogP contribution in [-0.4, -0.2) is 26.2 Å². The summed E-state index contributed by atoms with van der Waals surface area (Å²) in [6.07, 6.45) is 3.79. The number of imidazole rings is 1. The monoisotopic (exact) mass is 269 g/mol. The Balaban J connectivity index is 1.59. The first-order valence-corrected chi connectivity index (χ1v) is 6.39. The van der Waals surface area contributed by atoms with Crippen LogP contribution in [-0.2, 0) is 17.8 Å². The average molecular weight is 269 g/mol. The molecule has 0 fully saturated rings. The first kappa shape index (κ1) is 12.6. The molecule has 2 heterocycles. The highest BCUT2D eigenvalue weighted by molar-refractivity contribution is 5.63. The van der Waals surface area contributed by atoms with E-state index < -0.39 is 0 Å². The molecular weight excluding hydrogens is 254 g/mol. The van der Waals surface area contributed by atoms with Crippen molar-refractivity contribution >= 4 is 11.3 Å². The van der Waals surface area contributed by atoms with E-state index in [0.29, 0.717) is 25.5 Å². The maximum absolute atomic E-state index is 5.76. The maximum Gasteiger partial charge on any atom is 0.153 e. The van der Waals surface area contributed by atoms with Gasteiger partial charge in [-0.15, -0.1) is 0 Å². The fourth-order valence-corrected chi connectivity index (χ4v) is 1.99. The van der Waals surface area contributed by atoms with Crippen LogP contribution in [0, 0.1) is 0 Å². The van der Waals surface area contributed by atoms with E-state index in [4.69, 9.17) is 10.5 Å². The highest BCUT2D eigenvalue weighted by Gasteiger charge is 2.07. The van der Waals surface area contributed by atoms with Gasteiger partial charge < -0.3 is 10.5 Å². The van der Waals surface area contributed by atoms with Crippen molar-refractivity contribution in [2.75, 3.05) is 12.3 Å². The van der Waals surface area contributed by atoms with E-state index in [9.17, 15) is 0 Å². The zero-order valence-corrected chi connectivity index (χ0v) is 10.9. The number of benzene rings is 1. The lowest BCUT2D eigenvalue weighted by Gasteiger charge is -2.04.